The predicted octanol–water partition coefficient (Wildman–Crippen LogP) is 0.585. The molecule has 1 heterocycles. The lowest BCUT2D eigenvalue weighted by molar-refractivity contribution is -0.135. The van der Waals surface area contributed by atoms with E-state index in [0.29, 0.717) is 19.4 Å². The third kappa shape index (κ3) is 2.80. The molecule has 2 amide bonds. The number of benzene rings is 1. The number of carbonyl (C=O) groups excluding carboxylic acids is 2. The Kier molecular flexibility index (Phi) is 4.05. The van der Waals surface area contributed by atoms with Gasteiger partial charge in [-0.2, -0.15) is 0 Å². The van der Waals surface area contributed by atoms with Crippen LogP contribution >= 0.6 is 0 Å². The van der Waals surface area contributed by atoms with Crippen molar-refractivity contribution in [1.29, 1.82) is 0 Å². The molecule has 2 N–H and O–H groups in total. The highest BCUT2D eigenvalue weighted by Gasteiger charge is 2.40. The Morgan fingerprint density at radius 2 is 2.00 bits per heavy atom. The van der Waals surface area contributed by atoms with Gasteiger partial charge in [-0.1, -0.05) is 43.0 Å². The normalized spacial score (nSPS) is 21.1. The first kappa shape index (κ1) is 15.5. The molecule has 23 heavy (non-hydrogen) atoms. The standard InChI is InChI=1S/C18H20N2O3/c1-2-16(22)20-9-5-8-15(20)17(23)19-18(12-21)10-13-6-3-4-7-14(13)11-18/h2-8,15,21H,1,9-12H2,(H,19,23)/t15-/m0/s1. The second-order valence-electron chi connectivity index (χ2n) is 6.12. The number of hydrogen-bond donors (Lipinski definition) is 2. The first-order valence-electron chi connectivity index (χ1n) is 7.68. The second-order valence-corrected chi connectivity index (χ2v) is 6.12. The number of aliphatic hydroxyl groups is 1. The van der Waals surface area contributed by atoms with Crippen molar-refractivity contribution >= 4 is 11.8 Å². The Morgan fingerprint density at radius 1 is 1.35 bits per heavy atom. The van der Waals surface area contributed by atoms with Crippen molar-refractivity contribution in [2.24, 2.45) is 0 Å². The maximum absolute atomic E-state index is 12.6. The van der Waals surface area contributed by atoms with E-state index in [-0.39, 0.29) is 18.4 Å². The lowest BCUT2D eigenvalue weighted by Crippen LogP contribution is -2.57. The molecule has 1 atom stereocenters. The quantitative estimate of drug-likeness (QED) is 0.631. The van der Waals surface area contributed by atoms with Crippen LogP contribution in [0, 0.1) is 0 Å². The highest BCUT2D eigenvalue weighted by atomic mass is 16.3. The molecule has 0 spiro atoms. The van der Waals surface area contributed by atoms with Gasteiger partial charge in [0.05, 0.1) is 12.1 Å². The molecule has 1 aromatic rings. The Labute approximate surface area is 135 Å². The van der Waals surface area contributed by atoms with E-state index in [1.54, 1.807) is 12.2 Å². The highest BCUT2D eigenvalue weighted by molar-refractivity contribution is 5.94. The van der Waals surface area contributed by atoms with E-state index in [1.807, 2.05) is 24.3 Å². The van der Waals surface area contributed by atoms with E-state index in [0.717, 1.165) is 11.1 Å². The molecule has 120 valence electrons. The van der Waals surface area contributed by atoms with Gasteiger partial charge in [-0.15, -0.1) is 0 Å². The van der Waals surface area contributed by atoms with Gasteiger partial charge in [0.15, 0.2) is 0 Å². The Bertz CT molecular complexity index is 656. The van der Waals surface area contributed by atoms with Crippen LogP contribution in [0.5, 0.6) is 0 Å². The van der Waals surface area contributed by atoms with Crippen molar-refractivity contribution in [3.8, 4) is 0 Å². The smallest absolute Gasteiger partial charge is 0.247 e. The van der Waals surface area contributed by atoms with E-state index < -0.39 is 11.6 Å². The molecule has 2 aliphatic rings. The minimum absolute atomic E-state index is 0.140. The van der Waals surface area contributed by atoms with Gasteiger partial charge < -0.3 is 15.3 Å². The first-order chi connectivity index (χ1) is 11.1. The van der Waals surface area contributed by atoms with Crippen LogP contribution < -0.4 is 5.32 Å². The fourth-order valence-electron chi connectivity index (χ4n) is 3.36. The van der Waals surface area contributed by atoms with E-state index in [9.17, 15) is 14.7 Å². The maximum Gasteiger partial charge on any atom is 0.247 e. The van der Waals surface area contributed by atoms with Crippen molar-refractivity contribution < 1.29 is 14.7 Å². The largest absolute Gasteiger partial charge is 0.394 e. The summed E-state index contributed by atoms with van der Waals surface area (Å²) in [5, 5.41) is 12.8. The minimum atomic E-state index is -0.694. The molecule has 1 aromatic carbocycles. The van der Waals surface area contributed by atoms with Crippen LogP contribution in [-0.2, 0) is 22.4 Å². The van der Waals surface area contributed by atoms with Crippen molar-refractivity contribution in [2.45, 2.75) is 24.4 Å². The average Bonchev–Trinajstić information content (AvgIpc) is 3.18. The maximum atomic E-state index is 12.6. The molecule has 0 saturated carbocycles. The number of nitrogens with one attached hydrogen (secondary N) is 1. The first-order valence-corrected chi connectivity index (χ1v) is 7.68. The molecule has 0 aromatic heterocycles. The van der Waals surface area contributed by atoms with Gasteiger partial charge in [-0.05, 0) is 30.0 Å². The molecule has 5 heteroatoms. The van der Waals surface area contributed by atoms with Crippen LogP contribution in [0.2, 0.25) is 0 Å². The third-order valence-corrected chi connectivity index (χ3v) is 4.55. The summed E-state index contributed by atoms with van der Waals surface area (Å²) in [6, 6.07) is 7.30. The van der Waals surface area contributed by atoms with Gasteiger partial charge in [-0.25, -0.2) is 0 Å². The Balaban J connectivity index is 1.75. The fraction of sp³-hybridized carbons (Fsp3) is 0.333. The SMILES string of the molecule is C=CC(=O)N1CC=C[C@H]1C(=O)NC1(CO)Cc2ccccc2C1. The van der Waals surface area contributed by atoms with Crippen LogP contribution in [0.1, 0.15) is 11.1 Å². The lowest BCUT2D eigenvalue weighted by atomic mass is 9.96. The van der Waals surface area contributed by atoms with Gasteiger partial charge in [-0.3, -0.25) is 9.59 Å². The number of nitrogens with zero attached hydrogens (tertiary/aromatic N) is 1. The van der Waals surface area contributed by atoms with Crippen LogP contribution in [0.15, 0.2) is 49.1 Å². The monoisotopic (exact) mass is 312 g/mol. The van der Waals surface area contributed by atoms with Crippen molar-refractivity contribution in [2.75, 3.05) is 13.2 Å². The zero-order chi connectivity index (χ0) is 16.4. The molecule has 1 aliphatic carbocycles. The summed E-state index contributed by atoms with van der Waals surface area (Å²) in [6.45, 7) is 3.73. The molecule has 1 aliphatic heterocycles. The van der Waals surface area contributed by atoms with Gasteiger partial charge in [0.1, 0.15) is 6.04 Å². The van der Waals surface area contributed by atoms with Gasteiger partial charge in [0.25, 0.3) is 0 Å². The number of fused-ring (bicyclic) bond motifs is 1. The molecular weight excluding hydrogens is 292 g/mol. The summed E-state index contributed by atoms with van der Waals surface area (Å²) in [6.07, 6.45) is 5.90. The van der Waals surface area contributed by atoms with Crippen molar-refractivity contribution in [3.05, 3.63) is 60.2 Å². The summed E-state index contributed by atoms with van der Waals surface area (Å²) < 4.78 is 0. The topological polar surface area (TPSA) is 69.6 Å². The number of aliphatic hydroxyl groups excluding tert-OH is 1. The summed E-state index contributed by atoms with van der Waals surface area (Å²) in [5.74, 6) is -0.543. The van der Waals surface area contributed by atoms with Gasteiger partial charge >= 0.3 is 0 Å². The zero-order valence-corrected chi connectivity index (χ0v) is 12.9. The van der Waals surface area contributed by atoms with Crippen LogP contribution in [0.25, 0.3) is 0 Å². The molecule has 0 radical (unpaired) electrons. The van der Waals surface area contributed by atoms with Crippen LogP contribution in [0.3, 0.4) is 0 Å². The van der Waals surface area contributed by atoms with Crippen molar-refractivity contribution in [1.82, 2.24) is 10.2 Å². The molecule has 3 rings (SSSR count). The fourth-order valence-corrected chi connectivity index (χ4v) is 3.36. The average molecular weight is 312 g/mol. The number of hydrogen-bond acceptors (Lipinski definition) is 3. The van der Waals surface area contributed by atoms with Gasteiger partial charge in [0.2, 0.25) is 11.8 Å². The second kappa shape index (κ2) is 6.01. The predicted molar refractivity (Wildman–Crippen MR) is 86.6 cm³/mol. The van der Waals surface area contributed by atoms with E-state index in [1.165, 1.54) is 11.0 Å². The van der Waals surface area contributed by atoms with Crippen molar-refractivity contribution in [3.63, 3.8) is 0 Å². The van der Waals surface area contributed by atoms with Crippen LogP contribution in [-0.4, -0.2) is 46.6 Å². The number of carbonyl (C=O) groups is 2. The summed E-state index contributed by atoms with van der Waals surface area (Å²) >= 11 is 0. The Hall–Kier alpha value is -2.40. The summed E-state index contributed by atoms with van der Waals surface area (Å²) in [4.78, 5) is 25.9. The summed E-state index contributed by atoms with van der Waals surface area (Å²) in [7, 11) is 0. The number of amides is 2. The Morgan fingerprint density at radius 3 is 2.57 bits per heavy atom. The summed E-state index contributed by atoms with van der Waals surface area (Å²) in [5.41, 5.74) is 1.59. The highest BCUT2D eigenvalue weighted by Crippen LogP contribution is 2.30. The molecule has 0 fully saturated rings. The number of rotatable bonds is 4. The van der Waals surface area contributed by atoms with Crippen LogP contribution in [0.4, 0.5) is 0 Å². The van der Waals surface area contributed by atoms with Gasteiger partial charge in [0, 0.05) is 6.54 Å². The minimum Gasteiger partial charge on any atom is -0.394 e. The van der Waals surface area contributed by atoms with E-state index >= 15 is 0 Å². The molecule has 5 nitrogen and oxygen atoms in total. The molecule has 0 unspecified atom stereocenters. The lowest BCUT2D eigenvalue weighted by Gasteiger charge is -2.31. The molecular formula is C18H20N2O3. The molecule has 0 saturated heterocycles. The van der Waals surface area contributed by atoms with E-state index in [2.05, 4.69) is 11.9 Å². The van der Waals surface area contributed by atoms with E-state index in [4.69, 9.17) is 0 Å². The third-order valence-electron chi connectivity index (χ3n) is 4.55. The zero-order valence-electron chi connectivity index (χ0n) is 12.9. The molecule has 0 bridgehead atoms.